The normalized spacial score (nSPS) is 13.6. The highest BCUT2D eigenvalue weighted by Gasteiger charge is 2.23. The van der Waals surface area contributed by atoms with Crippen LogP contribution in [0.4, 0.5) is 13.8 Å². The molecule has 1 heterocycles. The summed E-state index contributed by atoms with van der Waals surface area (Å²) in [4.78, 5) is 3.81. The quantitative estimate of drug-likeness (QED) is 0.793. The lowest BCUT2D eigenvalue weighted by molar-refractivity contribution is -0.00594. The van der Waals surface area contributed by atoms with E-state index in [2.05, 4.69) is 4.98 Å². The number of hydrogen-bond donors (Lipinski definition) is 2. The van der Waals surface area contributed by atoms with Gasteiger partial charge < -0.3 is 10.8 Å². The zero-order valence-electron chi connectivity index (χ0n) is 7.00. The molecule has 1 unspecified atom stereocenters. The van der Waals surface area contributed by atoms with Crippen LogP contribution in [0.5, 0.6) is 0 Å². The van der Waals surface area contributed by atoms with Crippen LogP contribution in [0.15, 0.2) is 0 Å². The van der Waals surface area contributed by atoms with E-state index in [-0.39, 0.29) is 5.01 Å². The second-order valence-electron chi connectivity index (χ2n) is 2.50. The number of alkyl halides is 2. The van der Waals surface area contributed by atoms with E-state index in [1.807, 2.05) is 6.92 Å². The molecule has 0 saturated carbocycles. The van der Waals surface area contributed by atoms with E-state index in [9.17, 15) is 8.78 Å². The van der Waals surface area contributed by atoms with E-state index in [0.29, 0.717) is 17.1 Å². The van der Waals surface area contributed by atoms with Gasteiger partial charge in [0.2, 0.25) is 0 Å². The number of aliphatic hydroxyl groups excluding tert-OH is 1. The van der Waals surface area contributed by atoms with E-state index in [0.717, 1.165) is 11.3 Å². The molecule has 0 aromatic carbocycles. The van der Waals surface area contributed by atoms with Crippen molar-refractivity contribution in [3.63, 3.8) is 0 Å². The van der Waals surface area contributed by atoms with Crippen molar-refractivity contribution in [2.75, 3.05) is 5.73 Å². The molecule has 0 bridgehead atoms. The van der Waals surface area contributed by atoms with Crippen molar-refractivity contribution < 1.29 is 13.9 Å². The van der Waals surface area contributed by atoms with Gasteiger partial charge in [-0.05, 0) is 6.42 Å². The molecule has 74 valence electrons. The summed E-state index contributed by atoms with van der Waals surface area (Å²) >= 11 is 0.912. The van der Waals surface area contributed by atoms with Crippen LogP contribution in [-0.2, 0) is 6.42 Å². The Labute approximate surface area is 78.2 Å². The molecule has 0 saturated heterocycles. The van der Waals surface area contributed by atoms with Crippen LogP contribution in [0, 0.1) is 0 Å². The molecule has 6 heteroatoms. The first-order chi connectivity index (χ1) is 6.06. The van der Waals surface area contributed by atoms with Crippen molar-refractivity contribution in [2.24, 2.45) is 0 Å². The van der Waals surface area contributed by atoms with Crippen molar-refractivity contribution in [3.8, 4) is 0 Å². The Hall–Kier alpha value is -0.750. The monoisotopic (exact) mass is 208 g/mol. The van der Waals surface area contributed by atoms with Crippen LogP contribution >= 0.6 is 11.3 Å². The number of nitrogens with two attached hydrogens (primary N) is 1. The highest BCUT2D eigenvalue weighted by molar-refractivity contribution is 7.15. The predicted octanol–water partition coefficient (Wildman–Crippen LogP) is 1.59. The van der Waals surface area contributed by atoms with Gasteiger partial charge in [-0.2, -0.15) is 0 Å². The van der Waals surface area contributed by atoms with Gasteiger partial charge in [0.1, 0.15) is 10.0 Å². The van der Waals surface area contributed by atoms with Gasteiger partial charge in [-0.15, -0.1) is 0 Å². The van der Waals surface area contributed by atoms with Gasteiger partial charge in [0.05, 0.1) is 5.69 Å². The predicted molar refractivity (Wildman–Crippen MR) is 46.9 cm³/mol. The van der Waals surface area contributed by atoms with Gasteiger partial charge in [-0.3, -0.25) is 0 Å². The van der Waals surface area contributed by atoms with Crippen LogP contribution in [-0.4, -0.2) is 16.5 Å². The summed E-state index contributed by atoms with van der Waals surface area (Å²) in [5, 5.41) is 9.36. The fraction of sp³-hybridized carbons (Fsp3) is 0.571. The van der Waals surface area contributed by atoms with Crippen molar-refractivity contribution >= 4 is 16.3 Å². The van der Waals surface area contributed by atoms with Crippen molar-refractivity contribution in [1.29, 1.82) is 0 Å². The molecule has 1 aromatic rings. The molecule has 3 nitrogen and oxygen atoms in total. The third-order valence-electron chi connectivity index (χ3n) is 1.57. The molecule has 0 aliphatic rings. The van der Waals surface area contributed by atoms with Gasteiger partial charge in [0.15, 0.2) is 6.10 Å². The molecule has 3 N–H and O–H groups in total. The molecule has 0 aliphatic carbocycles. The number of anilines is 1. The van der Waals surface area contributed by atoms with Crippen molar-refractivity contribution in [2.45, 2.75) is 25.9 Å². The minimum Gasteiger partial charge on any atom is -0.389 e. The van der Waals surface area contributed by atoms with E-state index in [1.54, 1.807) is 0 Å². The summed E-state index contributed by atoms with van der Waals surface area (Å²) in [5.74, 6) is 0. The Kier molecular flexibility index (Phi) is 3.16. The number of nitrogen functional groups attached to an aromatic ring is 1. The lowest BCUT2D eigenvalue weighted by Gasteiger charge is -2.03. The Morgan fingerprint density at radius 3 is 2.62 bits per heavy atom. The third kappa shape index (κ3) is 2.13. The van der Waals surface area contributed by atoms with Gasteiger partial charge >= 0.3 is 0 Å². The summed E-state index contributed by atoms with van der Waals surface area (Å²) in [6, 6.07) is 0. The molecule has 0 radical (unpaired) electrons. The Bertz CT molecular complexity index is 290. The van der Waals surface area contributed by atoms with Crippen molar-refractivity contribution in [1.82, 2.24) is 4.98 Å². The number of rotatable bonds is 3. The molecular weight excluding hydrogens is 198 g/mol. The number of aromatic nitrogens is 1. The zero-order chi connectivity index (χ0) is 10.0. The molecule has 1 atom stereocenters. The largest absolute Gasteiger partial charge is 0.389 e. The summed E-state index contributed by atoms with van der Waals surface area (Å²) in [6.45, 7) is 1.82. The highest BCUT2D eigenvalue weighted by atomic mass is 32.1. The number of hydrogen-bond acceptors (Lipinski definition) is 4. The molecule has 0 amide bonds. The van der Waals surface area contributed by atoms with Gasteiger partial charge in [-0.25, -0.2) is 13.8 Å². The van der Waals surface area contributed by atoms with Crippen LogP contribution in [0.1, 0.15) is 23.7 Å². The molecule has 1 rings (SSSR count). The number of aryl methyl sites for hydroxylation is 1. The van der Waals surface area contributed by atoms with Crippen LogP contribution in [0.3, 0.4) is 0 Å². The molecular formula is C7H10F2N2OS. The zero-order valence-corrected chi connectivity index (χ0v) is 7.81. The van der Waals surface area contributed by atoms with Crippen LogP contribution in [0.25, 0.3) is 0 Å². The topological polar surface area (TPSA) is 59.1 Å². The minimum atomic E-state index is -2.81. The number of aliphatic hydroxyl groups is 1. The van der Waals surface area contributed by atoms with Gasteiger partial charge in [-0.1, -0.05) is 18.3 Å². The summed E-state index contributed by atoms with van der Waals surface area (Å²) in [5.41, 5.74) is 6.06. The van der Waals surface area contributed by atoms with Crippen molar-refractivity contribution in [3.05, 3.63) is 10.7 Å². The Balaban J connectivity index is 2.90. The molecule has 13 heavy (non-hydrogen) atoms. The highest BCUT2D eigenvalue weighted by Crippen LogP contribution is 2.29. The number of nitrogens with zero attached hydrogens (tertiary/aromatic N) is 1. The maximum absolute atomic E-state index is 12.0. The smallest absolute Gasteiger partial charge is 0.270 e. The fourth-order valence-corrected chi connectivity index (χ4v) is 1.78. The fourth-order valence-electron chi connectivity index (χ4n) is 0.870. The minimum absolute atomic E-state index is 0.00986. The first kappa shape index (κ1) is 10.3. The van der Waals surface area contributed by atoms with Gasteiger partial charge in [0, 0.05) is 0 Å². The van der Waals surface area contributed by atoms with E-state index in [4.69, 9.17) is 10.8 Å². The average molecular weight is 208 g/mol. The molecule has 0 fully saturated rings. The lowest BCUT2D eigenvalue weighted by atomic mass is 10.3. The Morgan fingerprint density at radius 1 is 1.62 bits per heavy atom. The average Bonchev–Trinajstić information content (AvgIpc) is 2.45. The molecule has 0 spiro atoms. The third-order valence-corrected chi connectivity index (χ3v) is 2.57. The molecule has 1 aromatic heterocycles. The number of thiazole rings is 1. The van der Waals surface area contributed by atoms with E-state index >= 15 is 0 Å². The van der Waals surface area contributed by atoms with Crippen LogP contribution in [0.2, 0.25) is 0 Å². The SMILES string of the molecule is CCc1nc(C(O)C(F)F)sc1N. The van der Waals surface area contributed by atoms with E-state index < -0.39 is 12.5 Å². The summed E-state index contributed by atoms with van der Waals surface area (Å²) < 4.78 is 24.1. The summed E-state index contributed by atoms with van der Waals surface area (Å²) in [6.07, 6.45) is -4.04. The maximum atomic E-state index is 12.0. The first-order valence-electron chi connectivity index (χ1n) is 3.77. The first-order valence-corrected chi connectivity index (χ1v) is 4.59. The standard InChI is InChI=1S/C7H10F2N2OS/c1-2-3-6(10)13-7(11-3)4(12)5(8)9/h4-5,12H,2,10H2,1H3. The molecule has 0 aliphatic heterocycles. The summed E-state index contributed by atoms with van der Waals surface area (Å²) in [7, 11) is 0. The second-order valence-corrected chi connectivity index (χ2v) is 3.56. The van der Waals surface area contributed by atoms with Crippen LogP contribution < -0.4 is 5.73 Å². The maximum Gasteiger partial charge on any atom is 0.270 e. The van der Waals surface area contributed by atoms with E-state index in [1.165, 1.54) is 0 Å². The number of halogens is 2. The Morgan fingerprint density at radius 2 is 2.23 bits per heavy atom. The second kappa shape index (κ2) is 3.97. The lowest BCUT2D eigenvalue weighted by Crippen LogP contribution is -2.07. The van der Waals surface area contributed by atoms with Gasteiger partial charge in [0.25, 0.3) is 6.43 Å².